The van der Waals surface area contributed by atoms with Crippen LogP contribution in [0.1, 0.15) is 12.6 Å². The minimum atomic E-state index is -0.599. The zero-order valence-corrected chi connectivity index (χ0v) is 12.8. The summed E-state index contributed by atoms with van der Waals surface area (Å²) in [6.45, 7) is 3.57. The summed E-state index contributed by atoms with van der Waals surface area (Å²) in [6, 6.07) is 12.8. The third-order valence-corrected chi connectivity index (χ3v) is 3.16. The van der Waals surface area contributed by atoms with E-state index in [1.54, 1.807) is 25.1 Å². The van der Waals surface area contributed by atoms with Gasteiger partial charge in [0.25, 0.3) is 5.91 Å². The Bertz CT molecular complexity index is 599. The Morgan fingerprint density at radius 3 is 2.60 bits per heavy atom. The van der Waals surface area contributed by atoms with Crippen LogP contribution in [-0.4, -0.2) is 17.0 Å². The molecule has 1 aromatic carbocycles. The normalized spacial score (nSPS) is 11.8. The molecule has 20 heavy (non-hydrogen) atoms. The highest BCUT2D eigenvalue weighted by Gasteiger charge is 2.15. The monoisotopic (exact) mass is 334 g/mol. The van der Waals surface area contributed by atoms with Gasteiger partial charge in [-0.25, -0.2) is 4.98 Å². The first-order valence-electron chi connectivity index (χ1n) is 6.21. The Hall–Kier alpha value is -1.88. The number of nitrogens with zero attached hydrogens (tertiary/aromatic N) is 1. The maximum atomic E-state index is 12.0. The number of rotatable bonds is 4. The number of aromatic nitrogens is 1. The van der Waals surface area contributed by atoms with E-state index in [2.05, 4.69) is 26.2 Å². The van der Waals surface area contributed by atoms with Crippen molar-refractivity contribution in [2.45, 2.75) is 20.0 Å². The van der Waals surface area contributed by atoms with Gasteiger partial charge in [0.1, 0.15) is 11.6 Å². The van der Waals surface area contributed by atoms with E-state index in [4.69, 9.17) is 4.74 Å². The van der Waals surface area contributed by atoms with E-state index in [0.717, 1.165) is 10.2 Å². The number of amides is 1. The van der Waals surface area contributed by atoms with Crippen molar-refractivity contribution in [3.63, 3.8) is 0 Å². The first-order chi connectivity index (χ1) is 9.54. The number of hydrogen-bond acceptors (Lipinski definition) is 3. The Morgan fingerprint density at radius 1 is 1.25 bits per heavy atom. The molecule has 2 rings (SSSR count). The predicted octanol–water partition coefficient (Wildman–Crippen LogP) is 3.56. The zero-order chi connectivity index (χ0) is 14.5. The molecule has 4 nitrogen and oxygen atoms in total. The molecule has 0 aliphatic carbocycles. The predicted molar refractivity (Wildman–Crippen MR) is 81.8 cm³/mol. The van der Waals surface area contributed by atoms with Crippen molar-refractivity contribution >= 4 is 27.7 Å². The van der Waals surface area contributed by atoms with Gasteiger partial charge < -0.3 is 10.1 Å². The molecule has 0 unspecified atom stereocenters. The van der Waals surface area contributed by atoms with E-state index in [0.29, 0.717) is 11.6 Å². The Balaban J connectivity index is 1.96. The van der Waals surface area contributed by atoms with Gasteiger partial charge in [0.05, 0.1) is 0 Å². The van der Waals surface area contributed by atoms with Gasteiger partial charge in [0.15, 0.2) is 6.10 Å². The lowest BCUT2D eigenvalue weighted by molar-refractivity contribution is -0.122. The second-order valence-electron chi connectivity index (χ2n) is 4.37. The third kappa shape index (κ3) is 4.06. The fourth-order valence-electron chi connectivity index (χ4n) is 1.61. The van der Waals surface area contributed by atoms with E-state index >= 15 is 0 Å². The van der Waals surface area contributed by atoms with Gasteiger partial charge in [-0.3, -0.25) is 4.79 Å². The molecule has 1 aromatic heterocycles. The highest BCUT2D eigenvalue weighted by atomic mass is 79.9. The SMILES string of the molecule is Cc1cccc(NC(=O)[C@H](C)Oc2ccc(Br)cc2)n1. The minimum Gasteiger partial charge on any atom is -0.481 e. The topological polar surface area (TPSA) is 51.2 Å². The molecule has 0 bridgehead atoms. The first-order valence-corrected chi connectivity index (χ1v) is 7.00. The van der Waals surface area contributed by atoms with Crippen LogP contribution in [0, 0.1) is 6.92 Å². The highest BCUT2D eigenvalue weighted by molar-refractivity contribution is 9.10. The summed E-state index contributed by atoms with van der Waals surface area (Å²) >= 11 is 3.35. The first kappa shape index (κ1) is 14.5. The summed E-state index contributed by atoms with van der Waals surface area (Å²) in [6.07, 6.45) is -0.599. The molecular weight excluding hydrogens is 320 g/mol. The number of benzene rings is 1. The van der Waals surface area contributed by atoms with E-state index < -0.39 is 6.10 Å². The molecule has 0 saturated carbocycles. The van der Waals surface area contributed by atoms with Crippen LogP contribution in [0.2, 0.25) is 0 Å². The summed E-state index contributed by atoms with van der Waals surface area (Å²) in [5.74, 6) is 0.945. The van der Waals surface area contributed by atoms with Gasteiger partial charge in [-0.15, -0.1) is 0 Å². The van der Waals surface area contributed by atoms with Crippen molar-refractivity contribution in [3.8, 4) is 5.75 Å². The van der Waals surface area contributed by atoms with Crippen molar-refractivity contribution in [3.05, 3.63) is 52.6 Å². The molecule has 0 fully saturated rings. The van der Waals surface area contributed by atoms with Crippen LogP contribution < -0.4 is 10.1 Å². The lowest BCUT2D eigenvalue weighted by Crippen LogP contribution is -2.30. The summed E-state index contributed by atoms with van der Waals surface area (Å²) in [4.78, 5) is 16.2. The van der Waals surface area contributed by atoms with Gasteiger partial charge in [0, 0.05) is 10.2 Å². The van der Waals surface area contributed by atoms with Crippen LogP contribution >= 0.6 is 15.9 Å². The summed E-state index contributed by atoms with van der Waals surface area (Å²) < 4.78 is 6.54. The lowest BCUT2D eigenvalue weighted by atomic mass is 10.3. The minimum absolute atomic E-state index is 0.231. The molecule has 5 heteroatoms. The van der Waals surface area contributed by atoms with Crippen LogP contribution in [0.3, 0.4) is 0 Å². The maximum Gasteiger partial charge on any atom is 0.266 e. The average molecular weight is 335 g/mol. The van der Waals surface area contributed by atoms with Crippen LogP contribution in [0.5, 0.6) is 5.75 Å². The molecule has 0 aliphatic heterocycles. The van der Waals surface area contributed by atoms with Crippen LogP contribution in [-0.2, 0) is 4.79 Å². The standard InChI is InChI=1S/C15H15BrN2O2/c1-10-4-3-5-14(17-10)18-15(19)11(2)20-13-8-6-12(16)7-9-13/h3-9,11H,1-2H3,(H,17,18,19)/t11-/m0/s1. The van der Waals surface area contributed by atoms with Crippen LogP contribution in [0.4, 0.5) is 5.82 Å². The number of hydrogen-bond donors (Lipinski definition) is 1. The van der Waals surface area contributed by atoms with E-state index in [1.165, 1.54) is 0 Å². The second-order valence-corrected chi connectivity index (χ2v) is 5.28. The number of halogens is 1. The number of nitrogens with one attached hydrogen (secondary N) is 1. The third-order valence-electron chi connectivity index (χ3n) is 2.64. The van der Waals surface area contributed by atoms with Crippen molar-refractivity contribution in [1.82, 2.24) is 4.98 Å². The van der Waals surface area contributed by atoms with Crippen LogP contribution in [0.25, 0.3) is 0 Å². The van der Waals surface area contributed by atoms with Crippen molar-refractivity contribution in [2.75, 3.05) is 5.32 Å². The average Bonchev–Trinajstić information content (AvgIpc) is 2.41. The number of aryl methyl sites for hydroxylation is 1. The molecular formula is C15H15BrN2O2. The largest absolute Gasteiger partial charge is 0.481 e. The van der Waals surface area contributed by atoms with Crippen molar-refractivity contribution in [1.29, 1.82) is 0 Å². The van der Waals surface area contributed by atoms with Gasteiger partial charge in [-0.05, 0) is 50.2 Å². The Morgan fingerprint density at radius 2 is 1.95 bits per heavy atom. The summed E-state index contributed by atoms with van der Waals surface area (Å²) in [7, 11) is 0. The van der Waals surface area contributed by atoms with Gasteiger partial charge in [-0.1, -0.05) is 22.0 Å². The number of pyridine rings is 1. The number of carbonyl (C=O) groups is 1. The quantitative estimate of drug-likeness (QED) is 0.929. The molecule has 1 amide bonds. The van der Waals surface area contributed by atoms with E-state index in [-0.39, 0.29) is 5.91 Å². The van der Waals surface area contributed by atoms with Gasteiger partial charge in [0.2, 0.25) is 0 Å². The Labute approximate surface area is 126 Å². The molecule has 0 saturated heterocycles. The molecule has 2 aromatic rings. The number of carbonyl (C=O) groups excluding carboxylic acids is 1. The molecule has 1 N–H and O–H groups in total. The molecule has 1 atom stereocenters. The molecule has 1 heterocycles. The molecule has 0 radical (unpaired) electrons. The highest BCUT2D eigenvalue weighted by Crippen LogP contribution is 2.17. The zero-order valence-electron chi connectivity index (χ0n) is 11.3. The summed E-state index contributed by atoms with van der Waals surface area (Å²) in [5, 5.41) is 2.73. The van der Waals surface area contributed by atoms with Crippen molar-refractivity contribution < 1.29 is 9.53 Å². The fourth-order valence-corrected chi connectivity index (χ4v) is 1.88. The number of ether oxygens (including phenoxy) is 1. The smallest absolute Gasteiger partial charge is 0.266 e. The maximum absolute atomic E-state index is 12.0. The summed E-state index contributed by atoms with van der Waals surface area (Å²) in [5.41, 5.74) is 0.851. The van der Waals surface area contributed by atoms with E-state index in [1.807, 2.05) is 31.2 Å². The lowest BCUT2D eigenvalue weighted by Gasteiger charge is -2.14. The van der Waals surface area contributed by atoms with Crippen molar-refractivity contribution in [2.24, 2.45) is 0 Å². The fraction of sp³-hybridized carbons (Fsp3) is 0.200. The van der Waals surface area contributed by atoms with E-state index in [9.17, 15) is 4.79 Å². The second kappa shape index (κ2) is 6.52. The molecule has 0 spiro atoms. The van der Waals surface area contributed by atoms with Gasteiger partial charge >= 0.3 is 0 Å². The Kier molecular flexibility index (Phi) is 4.74. The molecule has 104 valence electrons. The number of anilines is 1. The van der Waals surface area contributed by atoms with Gasteiger partial charge in [-0.2, -0.15) is 0 Å². The van der Waals surface area contributed by atoms with Crippen LogP contribution in [0.15, 0.2) is 46.9 Å². The molecule has 0 aliphatic rings.